The minimum Gasteiger partial charge on any atom is -0.384 e. The van der Waals surface area contributed by atoms with Gasteiger partial charge in [-0.25, -0.2) is 4.98 Å². The van der Waals surface area contributed by atoms with Crippen LogP contribution in [-0.4, -0.2) is 23.6 Å². The van der Waals surface area contributed by atoms with Crippen LogP contribution in [0, 0.1) is 5.92 Å². The highest BCUT2D eigenvalue weighted by atomic mass is 16.5. The molecule has 16 heavy (non-hydrogen) atoms. The lowest BCUT2D eigenvalue weighted by molar-refractivity contribution is -0.126. The normalized spacial score (nSPS) is 24.3. The Bertz CT molecular complexity index is 377. The van der Waals surface area contributed by atoms with Gasteiger partial charge in [0.15, 0.2) is 0 Å². The summed E-state index contributed by atoms with van der Waals surface area (Å²) in [6.45, 7) is 2.66. The van der Waals surface area contributed by atoms with Crippen molar-refractivity contribution in [1.29, 1.82) is 0 Å². The highest BCUT2D eigenvalue weighted by Gasteiger charge is 2.30. The second-order valence-electron chi connectivity index (χ2n) is 4.02. The second kappa shape index (κ2) is 4.49. The third-order valence-electron chi connectivity index (χ3n) is 2.70. The van der Waals surface area contributed by atoms with Gasteiger partial charge in [-0.1, -0.05) is 6.92 Å². The topological polar surface area (TPSA) is 77.2 Å². The highest BCUT2D eigenvalue weighted by Crippen LogP contribution is 2.21. The Morgan fingerprint density at radius 3 is 3.00 bits per heavy atom. The van der Waals surface area contributed by atoms with E-state index < -0.39 is 0 Å². The SMILES string of the molecule is CC1CCOC1C(=O)Nc1ccc(N)nc1. The zero-order valence-electron chi connectivity index (χ0n) is 9.14. The molecule has 2 heterocycles. The average molecular weight is 221 g/mol. The molecule has 1 amide bonds. The molecular formula is C11H15N3O2. The number of nitrogen functional groups attached to an aromatic ring is 1. The van der Waals surface area contributed by atoms with Gasteiger partial charge in [0.25, 0.3) is 5.91 Å². The van der Waals surface area contributed by atoms with Crippen LogP contribution in [0.2, 0.25) is 0 Å². The molecular weight excluding hydrogens is 206 g/mol. The number of nitrogens with one attached hydrogen (secondary N) is 1. The number of amides is 1. The van der Waals surface area contributed by atoms with E-state index in [4.69, 9.17) is 10.5 Å². The fourth-order valence-electron chi connectivity index (χ4n) is 1.72. The van der Waals surface area contributed by atoms with Crippen LogP contribution in [-0.2, 0) is 9.53 Å². The quantitative estimate of drug-likeness (QED) is 0.781. The van der Waals surface area contributed by atoms with E-state index in [2.05, 4.69) is 10.3 Å². The van der Waals surface area contributed by atoms with Crippen molar-refractivity contribution in [2.45, 2.75) is 19.4 Å². The van der Waals surface area contributed by atoms with Crippen LogP contribution in [0.25, 0.3) is 0 Å². The molecule has 2 atom stereocenters. The van der Waals surface area contributed by atoms with Crippen LogP contribution >= 0.6 is 0 Å². The summed E-state index contributed by atoms with van der Waals surface area (Å²) in [5.74, 6) is 0.585. The first-order valence-electron chi connectivity index (χ1n) is 5.31. The van der Waals surface area contributed by atoms with E-state index in [1.807, 2.05) is 6.92 Å². The van der Waals surface area contributed by atoms with E-state index in [1.54, 1.807) is 12.1 Å². The van der Waals surface area contributed by atoms with Crippen molar-refractivity contribution in [2.75, 3.05) is 17.7 Å². The van der Waals surface area contributed by atoms with Crippen LogP contribution in [0.5, 0.6) is 0 Å². The zero-order chi connectivity index (χ0) is 11.5. The zero-order valence-corrected chi connectivity index (χ0v) is 9.14. The fraction of sp³-hybridized carbons (Fsp3) is 0.455. The Kier molecular flexibility index (Phi) is 3.05. The molecule has 0 spiro atoms. The summed E-state index contributed by atoms with van der Waals surface area (Å²) in [6, 6.07) is 3.37. The minimum absolute atomic E-state index is 0.114. The number of carbonyl (C=O) groups excluding carboxylic acids is 1. The lowest BCUT2D eigenvalue weighted by atomic mass is 10.0. The molecule has 5 heteroatoms. The number of nitrogens with two attached hydrogens (primary N) is 1. The first-order chi connectivity index (χ1) is 7.66. The second-order valence-corrected chi connectivity index (χ2v) is 4.02. The van der Waals surface area contributed by atoms with E-state index in [9.17, 15) is 4.79 Å². The van der Waals surface area contributed by atoms with Crippen LogP contribution in [0.4, 0.5) is 11.5 Å². The van der Waals surface area contributed by atoms with Gasteiger partial charge < -0.3 is 15.8 Å². The Morgan fingerprint density at radius 2 is 2.44 bits per heavy atom. The summed E-state index contributed by atoms with van der Waals surface area (Å²) >= 11 is 0. The smallest absolute Gasteiger partial charge is 0.253 e. The number of hydrogen-bond acceptors (Lipinski definition) is 4. The molecule has 1 aliphatic heterocycles. The van der Waals surface area contributed by atoms with Gasteiger partial charge in [0.1, 0.15) is 11.9 Å². The van der Waals surface area contributed by atoms with Crippen LogP contribution in [0.3, 0.4) is 0 Å². The standard InChI is InChI=1S/C11H15N3O2/c1-7-4-5-16-10(7)11(15)14-8-2-3-9(12)13-6-8/h2-3,6-7,10H,4-5H2,1H3,(H2,12,13)(H,14,15). The molecule has 1 aromatic heterocycles. The summed E-state index contributed by atoms with van der Waals surface area (Å²) in [7, 11) is 0. The van der Waals surface area contributed by atoms with E-state index in [-0.39, 0.29) is 17.9 Å². The third-order valence-corrected chi connectivity index (χ3v) is 2.70. The van der Waals surface area contributed by atoms with Gasteiger partial charge in [0, 0.05) is 6.61 Å². The molecule has 3 N–H and O–H groups in total. The van der Waals surface area contributed by atoms with Gasteiger partial charge in [0.05, 0.1) is 11.9 Å². The van der Waals surface area contributed by atoms with Crippen molar-refractivity contribution < 1.29 is 9.53 Å². The van der Waals surface area contributed by atoms with Gasteiger partial charge in [0.2, 0.25) is 0 Å². The summed E-state index contributed by atoms with van der Waals surface area (Å²) in [4.78, 5) is 15.7. The number of aromatic nitrogens is 1. The number of pyridine rings is 1. The van der Waals surface area contributed by atoms with Crippen LogP contribution in [0.1, 0.15) is 13.3 Å². The Hall–Kier alpha value is -1.62. The monoisotopic (exact) mass is 221 g/mol. The van der Waals surface area contributed by atoms with Crippen molar-refractivity contribution in [1.82, 2.24) is 4.98 Å². The van der Waals surface area contributed by atoms with E-state index in [1.165, 1.54) is 6.20 Å². The van der Waals surface area contributed by atoms with Crippen molar-refractivity contribution in [2.24, 2.45) is 5.92 Å². The number of ether oxygens (including phenoxy) is 1. The van der Waals surface area contributed by atoms with E-state index >= 15 is 0 Å². The van der Waals surface area contributed by atoms with E-state index in [0.29, 0.717) is 18.1 Å². The number of carbonyl (C=O) groups is 1. The van der Waals surface area contributed by atoms with Gasteiger partial charge in [-0.3, -0.25) is 4.79 Å². The summed E-state index contributed by atoms with van der Waals surface area (Å²) in [5.41, 5.74) is 6.09. The maximum Gasteiger partial charge on any atom is 0.253 e. The molecule has 0 saturated carbocycles. The molecule has 1 aromatic rings. The molecule has 1 saturated heterocycles. The molecule has 2 unspecified atom stereocenters. The van der Waals surface area contributed by atoms with Gasteiger partial charge >= 0.3 is 0 Å². The number of hydrogen-bond donors (Lipinski definition) is 2. The lowest BCUT2D eigenvalue weighted by Crippen LogP contribution is -2.31. The number of nitrogens with zero attached hydrogens (tertiary/aromatic N) is 1. The van der Waals surface area contributed by atoms with E-state index in [0.717, 1.165) is 6.42 Å². The van der Waals surface area contributed by atoms with Crippen molar-refractivity contribution in [3.05, 3.63) is 18.3 Å². The average Bonchev–Trinajstić information content (AvgIpc) is 2.68. The third kappa shape index (κ3) is 2.30. The van der Waals surface area contributed by atoms with Gasteiger partial charge in [-0.05, 0) is 24.5 Å². The summed E-state index contributed by atoms with van der Waals surface area (Å²) in [6.07, 6.45) is 2.11. The largest absolute Gasteiger partial charge is 0.384 e. The Labute approximate surface area is 94.0 Å². The maximum absolute atomic E-state index is 11.8. The van der Waals surface area contributed by atoms with Crippen molar-refractivity contribution in [3.8, 4) is 0 Å². The number of rotatable bonds is 2. The molecule has 0 radical (unpaired) electrons. The first kappa shape index (κ1) is 10.9. The predicted octanol–water partition coefficient (Wildman–Crippen LogP) is 1.03. The van der Waals surface area contributed by atoms with Crippen LogP contribution in [0.15, 0.2) is 18.3 Å². The van der Waals surface area contributed by atoms with Crippen LogP contribution < -0.4 is 11.1 Å². The molecule has 0 aliphatic carbocycles. The molecule has 1 fully saturated rings. The number of anilines is 2. The molecule has 1 aliphatic rings. The van der Waals surface area contributed by atoms with Gasteiger partial charge in [-0.15, -0.1) is 0 Å². The van der Waals surface area contributed by atoms with Crippen molar-refractivity contribution >= 4 is 17.4 Å². The summed E-state index contributed by atoms with van der Waals surface area (Å²) in [5, 5.41) is 2.76. The molecule has 5 nitrogen and oxygen atoms in total. The fourth-order valence-corrected chi connectivity index (χ4v) is 1.72. The summed E-state index contributed by atoms with van der Waals surface area (Å²) < 4.78 is 5.37. The molecule has 86 valence electrons. The minimum atomic E-state index is -0.349. The van der Waals surface area contributed by atoms with Crippen molar-refractivity contribution in [3.63, 3.8) is 0 Å². The predicted molar refractivity (Wildman–Crippen MR) is 60.8 cm³/mol. The molecule has 0 bridgehead atoms. The molecule has 2 rings (SSSR count). The molecule has 0 aromatic carbocycles. The van der Waals surface area contributed by atoms with Gasteiger partial charge in [-0.2, -0.15) is 0 Å². The first-order valence-corrected chi connectivity index (χ1v) is 5.31. The maximum atomic E-state index is 11.8. The Balaban J connectivity index is 1.99. The Morgan fingerprint density at radius 1 is 1.62 bits per heavy atom. The lowest BCUT2D eigenvalue weighted by Gasteiger charge is -2.14. The highest BCUT2D eigenvalue weighted by molar-refractivity contribution is 5.94.